The molecule has 0 saturated heterocycles. The van der Waals surface area contributed by atoms with Gasteiger partial charge in [-0.3, -0.25) is 9.79 Å². The number of hydrogen-bond acceptors (Lipinski definition) is 3. The van der Waals surface area contributed by atoms with E-state index in [0.717, 1.165) is 35.3 Å². The molecule has 1 aliphatic heterocycles. The molecule has 2 aliphatic rings. The van der Waals surface area contributed by atoms with Gasteiger partial charge in [-0.1, -0.05) is 6.07 Å². The number of H-pyrrole nitrogens is 1. The minimum Gasteiger partial charge on any atom is -0.346 e. The normalized spacial score (nSPS) is 22.7. The fraction of sp³-hybridized carbons (Fsp3) is 0.235. The van der Waals surface area contributed by atoms with Crippen molar-refractivity contribution in [3.63, 3.8) is 0 Å². The summed E-state index contributed by atoms with van der Waals surface area (Å²) in [5, 5.41) is 8.91. The van der Waals surface area contributed by atoms with Crippen LogP contribution in [0.3, 0.4) is 0 Å². The lowest BCUT2D eigenvalue weighted by Crippen LogP contribution is -2.30. The van der Waals surface area contributed by atoms with Gasteiger partial charge in [0, 0.05) is 18.3 Å². The highest BCUT2D eigenvalue weighted by Crippen LogP contribution is 2.46. The monoisotopic (exact) mass is 275 g/mol. The minimum absolute atomic E-state index is 0.270. The van der Waals surface area contributed by atoms with Crippen molar-refractivity contribution >= 4 is 17.7 Å². The quantitative estimate of drug-likeness (QED) is 0.867. The molecule has 1 fully saturated rings. The van der Waals surface area contributed by atoms with Crippen LogP contribution in [0.4, 0.5) is 5.69 Å². The number of fused-ring (bicyclic) bond motifs is 2. The molecular weight excluding hydrogens is 262 g/mol. The SMILES string of the molecule is N#Cc1ccc(-c2ccc3c(c2)C2(C=N3)CCCC2=O)[nH]1. The van der Waals surface area contributed by atoms with Crippen LogP contribution in [0.2, 0.25) is 0 Å². The number of aromatic nitrogens is 1. The molecule has 21 heavy (non-hydrogen) atoms. The molecule has 4 heteroatoms. The molecule has 0 radical (unpaired) electrons. The molecule has 1 unspecified atom stereocenters. The van der Waals surface area contributed by atoms with Crippen molar-refractivity contribution in [1.82, 2.24) is 4.98 Å². The van der Waals surface area contributed by atoms with Crippen LogP contribution >= 0.6 is 0 Å². The van der Waals surface area contributed by atoms with Crippen LogP contribution in [0.5, 0.6) is 0 Å². The molecule has 2 aromatic rings. The van der Waals surface area contributed by atoms with Crippen LogP contribution in [-0.2, 0) is 10.2 Å². The standard InChI is InChI=1S/C17H13N3O/c18-9-12-4-6-14(20-12)11-3-5-15-13(8-11)17(10-19-15)7-1-2-16(17)21/h3-6,8,10,20H,1-2,7H2. The number of benzene rings is 1. The summed E-state index contributed by atoms with van der Waals surface area (Å²) in [4.78, 5) is 19.8. The first-order valence-corrected chi connectivity index (χ1v) is 7.05. The molecule has 1 N–H and O–H groups in total. The minimum atomic E-state index is -0.504. The molecule has 1 saturated carbocycles. The van der Waals surface area contributed by atoms with Crippen LogP contribution < -0.4 is 0 Å². The zero-order valence-electron chi connectivity index (χ0n) is 11.4. The molecule has 1 aromatic carbocycles. The molecule has 0 amide bonds. The van der Waals surface area contributed by atoms with E-state index in [9.17, 15) is 4.79 Å². The van der Waals surface area contributed by atoms with Crippen LogP contribution in [0, 0.1) is 11.3 Å². The van der Waals surface area contributed by atoms with Crippen LogP contribution in [0.25, 0.3) is 11.3 Å². The maximum absolute atomic E-state index is 12.3. The highest BCUT2D eigenvalue weighted by Gasteiger charge is 2.46. The summed E-state index contributed by atoms with van der Waals surface area (Å²) in [6.45, 7) is 0. The van der Waals surface area contributed by atoms with E-state index >= 15 is 0 Å². The Morgan fingerprint density at radius 3 is 2.90 bits per heavy atom. The number of nitrogens with zero attached hydrogens (tertiary/aromatic N) is 2. The van der Waals surface area contributed by atoms with Gasteiger partial charge >= 0.3 is 0 Å². The first-order valence-electron chi connectivity index (χ1n) is 7.05. The number of ketones is 1. The third-order valence-corrected chi connectivity index (χ3v) is 4.49. The maximum atomic E-state index is 12.3. The van der Waals surface area contributed by atoms with Gasteiger partial charge in [-0.15, -0.1) is 0 Å². The first kappa shape index (κ1) is 12.1. The molecule has 4 rings (SSSR count). The summed E-state index contributed by atoms with van der Waals surface area (Å²) in [5.74, 6) is 0.270. The maximum Gasteiger partial charge on any atom is 0.148 e. The summed E-state index contributed by atoms with van der Waals surface area (Å²) in [6, 6.07) is 11.7. The van der Waals surface area contributed by atoms with Gasteiger partial charge in [0.2, 0.25) is 0 Å². The third kappa shape index (κ3) is 1.61. The van der Waals surface area contributed by atoms with E-state index in [1.54, 1.807) is 6.07 Å². The average molecular weight is 275 g/mol. The smallest absolute Gasteiger partial charge is 0.148 e. The van der Waals surface area contributed by atoms with Crippen molar-refractivity contribution in [3.8, 4) is 17.3 Å². The molecule has 1 spiro atoms. The Morgan fingerprint density at radius 1 is 1.29 bits per heavy atom. The van der Waals surface area contributed by atoms with Gasteiger partial charge in [0.15, 0.2) is 0 Å². The predicted octanol–water partition coefficient (Wildman–Crippen LogP) is 3.26. The number of carbonyl (C=O) groups excluding carboxylic acids is 1. The lowest BCUT2D eigenvalue weighted by atomic mass is 9.79. The lowest BCUT2D eigenvalue weighted by molar-refractivity contribution is -0.120. The van der Waals surface area contributed by atoms with Gasteiger partial charge in [0.05, 0.1) is 11.1 Å². The second-order valence-electron chi connectivity index (χ2n) is 5.64. The summed E-state index contributed by atoms with van der Waals surface area (Å²) >= 11 is 0. The summed E-state index contributed by atoms with van der Waals surface area (Å²) < 4.78 is 0. The first-order chi connectivity index (χ1) is 10.2. The molecule has 2 heterocycles. The molecule has 1 aliphatic carbocycles. The van der Waals surface area contributed by atoms with Gasteiger partial charge in [-0.25, -0.2) is 0 Å². The van der Waals surface area contributed by atoms with E-state index < -0.39 is 5.41 Å². The van der Waals surface area contributed by atoms with Gasteiger partial charge in [0.1, 0.15) is 17.5 Å². The zero-order chi connectivity index (χ0) is 14.4. The van der Waals surface area contributed by atoms with Crippen molar-refractivity contribution in [2.24, 2.45) is 4.99 Å². The summed E-state index contributed by atoms with van der Waals surface area (Å²) in [5.41, 5.74) is 3.81. The Bertz CT molecular complexity index is 825. The topological polar surface area (TPSA) is 69.0 Å². The molecule has 102 valence electrons. The molecule has 1 aromatic heterocycles. The molecule has 1 atom stereocenters. The van der Waals surface area contributed by atoms with Gasteiger partial charge in [-0.2, -0.15) is 5.26 Å². The van der Waals surface area contributed by atoms with Crippen molar-refractivity contribution in [1.29, 1.82) is 5.26 Å². The highest BCUT2D eigenvalue weighted by atomic mass is 16.1. The van der Waals surface area contributed by atoms with Gasteiger partial charge in [0.25, 0.3) is 0 Å². The van der Waals surface area contributed by atoms with Gasteiger partial charge in [-0.05, 0) is 48.2 Å². The number of nitrogens with one attached hydrogen (secondary N) is 1. The zero-order valence-corrected chi connectivity index (χ0v) is 11.4. The number of nitriles is 1. The van der Waals surface area contributed by atoms with Crippen molar-refractivity contribution in [3.05, 3.63) is 41.6 Å². The summed E-state index contributed by atoms with van der Waals surface area (Å²) in [7, 11) is 0. The van der Waals surface area contributed by atoms with E-state index in [1.807, 2.05) is 30.5 Å². The van der Waals surface area contributed by atoms with Crippen molar-refractivity contribution in [2.45, 2.75) is 24.7 Å². The second-order valence-corrected chi connectivity index (χ2v) is 5.64. The van der Waals surface area contributed by atoms with E-state index in [4.69, 9.17) is 5.26 Å². The largest absolute Gasteiger partial charge is 0.346 e. The second kappa shape index (κ2) is 4.16. The van der Waals surface area contributed by atoms with Crippen LogP contribution in [-0.4, -0.2) is 17.0 Å². The number of rotatable bonds is 1. The van der Waals surface area contributed by atoms with E-state index in [1.165, 1.54) is 0 Å². The number of hydrogen-bond donors (Lipinski definition) is 1. The Morgan fingerprint density at radius 2 is 2.19 bits per heavy atom. The Kier molecular flexibility index (Phi) is 2.40. The highest BCUT2D eigenvalue weighted by molar-refractivity contribution is 6.11. The van der Waals surface area contributed by atoms with E-state index in [2.05, 4.69) is 16.0 Å². The summed E-state index contributed by atoms with van der Waals surface area (Å²) in [6.07, 6.45) is 4.23. The van der Waals surface area contributed by atoms with E-state index in [-0.39, 0.29) is 5.78 Å². The average Bonchev–Trinajstić information content (AvgIpc) is 3.20. The fourth-order valence-electron chi connectivity index (χ4n) is 3.36. The van der Waals surface area contributed by atoms with Crippen LogP contribution in [0.15, 0.2) is 35.3 Å². The Hall–Kier alpha value is -2.67. The number of Topliss-reactive ketones (excluding diaryl/α,β-unsaturated/α-hetero) is 1. The molecular formula is C17H13N3O. The number of aromatic amines is 1. The third-order valence-electron chi connectivity index (χ3n) is 4.49. The molecule has 0 bridgehead atoms. The number of aliphatic imine (C=N–C) groups is 1. The van der Waals surface area contributed by atoms with Crippen molar-refractivity contribution in [2.75, 3.05) is 0 Å². The molecule has 4 nitrogen and oxygen atoms in total. The van der Waals surface area contributed by atoms with E-state index in [0.29, 0.717) is 12.1 Å². The Balaban J connectivity index is 1.84. The van der Waals surface area contributed by atoms with Crippen LogP contribution in [0.1, 0.15) is 30.5 Å². The lowest BCUT2D eigenvalue weighted by Gasteiger charge is -2.19. The van der Waals surface area contributed by atoms with Gasteiger partial charge < -0.3 is 4.98 Å². The number of carbonyl (C=O) groups is 1. The Labute approximate surface area is 122 Å². The van der Waals surface area contributed by atoms with Crippen molar-refractivity contribution < 1.29 is 4.79 Å². The predicted molar refractivity (Wildman–Crippen MR) is 79.6 cm³/mol. The fourth-order valence-corrected chi connectivity index (χ4v) is 3.36.